The van der Waals surface area contributed by atoms with Gasteiger partial charge in [0.2, 0.25) is 0 Å². The van der Waals surface area contributed by atoms with E-state index in [1.54, 1.807) is 0 Å². The van der Waals surface area contributed by atoms with Gasteiger partial charge in [-0.3, -0.25) is 0 Å². The van der Waals surface area contributed by atoms with Gasteiger partial charge in [-0.1, -0.05) is 17.7 Å². The first kappa shape index (κ1) is 14.7. The maximum atomic E-state index is 6.06. The molecule has 2 aromatic rings. The third-order valence-electron chi connectivity index (χ3n) is 3.31. The number of anilines is 1. The summed E-state index contributed by atoms with van der Waals surface area (Å²) in [5.74, 6) is 0.883. The van der Waals surface area contributed by atoms with Crippen LogP contribution in [-0.4, -0.2) is 6.61 Å². The molecule has 0 radical (unpaired) electrons. The van der Waals surface area contributed by atoms with Gasteiger partial charge in [-0.2, -0.15) is 0 Å². The van der Waals surface area contributed by atoms with Gasteiger partial charge in [0.25, 0.3) is 0 Å². The maximum absolute atomic E-state index is 6.06. The number of rotatable bonds is 5. The zero-order valence-electron chi connectivity index (χ0n) is 12.2. The summed E-state index contributed by atoms with van der Waals surface area (Å²) in [5, 5.41) is 4.14. The predicted octanol–water partition coefficient (Wildman–Crippen LogP) is 4.97. The molecule has 0 aromatic heterocycles. The number of hydrogen-bond acceptors (Lipinski definition) is 2. The van der Waals surface area contributed by atoms with Crippen molar-refractivity contribution in [3.63, 3.8) is 0 Å². The molecule has 0 fully saturated rings. The van der Waals surface area contributed by atoms with Crippen LogP contribution in [0.4, 0.5) is 5.69 Å². The Balaban J connectivity index is 2.13. The Labute approximate surface area is 125 Å². The Hall–Kier alpha value is -1.67. The number of benzene rings is 2. The number of ether oxygens (including phenoxy) is 1. The van der Waals surface area contributed by atoms with Crippen LogP contribution in [0.1, 0.15) is 23.6 Å². The van der Waals surface area contributed by atoms with E-state index >= 15 is 0 Å². The Kier molecular flexibility index (Phi) is 4.91. The molecule has 2 nitrogen and oxygen atoms in total. The number of hydrogen-bond donors (Lipinski definition) is 1. The summed E-state index contributed by atoms with van der Waals surface area (Å²) in [5.41, 5.74) is 4.76. The van der Waals surface area contributed by atoms with Crippen LogP contribution in [-0.2, 0) is 6.54 Å². The summed E-state index contributed by atoms with van der Waals surface area (Å²) in [7, 11) is 0. The van der Waals surface area contributed by atoms with Crippen LogP contribution in [0.5, 0.6) is 5.75 Å². The molecule has 0 spiro atoms. The van der Waals surface area contributed by atoms with E-state index in [2.05, 4.69) is 37.4 Å². The lowest BCUT2D eigenvalue weighted by Gasteiger charge is -2.13. The van der Waals surface area contributed by atoms with Gasteiger partial charge in [0.15, 0.2) is 0 Å². The molecule has 0 aliphatic carbocycles. The molecule has 0 aliphatic rings. The second-order valence-electron chi connectivity index (χ2n) is 4.84. The van der Waals surface area contributed by atoms with Crippen molar-refractivity contribution in [3.05, 3.63) is 58.1 Å². The zero-order valence-corrected chi connectivity index (χ0v) is 12.9. The van der Waals surface area contributed by atoms with Crippen molar-refractivity contribution in [1.82, 2.24) is 0 Å². The molecule has 0 atom stereocenters. The minimum Gasteiger partial charge on any atom is -0.494 e. The lowest BCUT2D eigenvalue weighted by Crippen LogP contribution is -2.03. The van der Waals surface area contributed by atoms with Crippen LogP contribution in [0.2, 0.25) is 5.02 Å². The molecule has 0 saturated heterocycles. The lowest BCUT2D eigenvalue weighted by molar-refractivity contribution is 0.337. The quantitative estimate of drug-likeness (QED) is 0.839. The highest BCUT2D eigenvalue weighted by atomic mass is 35.5. The Morgan fingerprint density at radius 2 is 1.85 bits per heavy atom. The third kappa shape index (κ3) is 3.67. The topological polar surface area (TPSA) is 21.3 Å². The van der Waals surface area contributed by atoms with E-state index < -0.39 is 0 Å². The SMILES string of the molecule is CCOc1ccc(Cl)cc1CNc1ccc(C)c(C)c1. The number of nitrogens with one attached hydrogen (secondary N) is 1. The van der Waals surface area contributed by atoms with E-state index in [4.69, 9.17) is 16.3 Å². The Bertz CT molecular complexity index is 596. The average molecular weight is 290 g/mol. The molecule has 0 saturated carbocycles. The monoisotopic (exact) mass is 289 g/mol. The van der Waals surface area contributed by atoms with Gasteiger partial charge in [-0.05, 0) is 62.2 Å². The molecule has 0 amide bonds. The number of aryl methyl sites for hydroxylation is 2. The summed E-state index contributed by atoms with van der Waals surface area (Å²) in [6.07, 6.45) is 0. The molecular formula is C17H20ClNO. The van der Waals surface area contributed by atoms with E-state index in [0.717, 1.165) is 22.0 Å². The van der Waals surface area contributed by atoms with Crippen molar-refractivity contribution >= 4 is 17.3 Å². The van der Waals surface area contributed by atoms with Crippen LogP contribution < -0.4 is 10.1 Å². The van der Waals surface area contributed by atoms with Crippen molar-refractivity contribution in [2.24, 2.45) is 0 Å². The standard InChI is InChI=1S/C17H20ClNO/c1-4-20-17-8-6-15(18)10-14(17)11-19-16-7-5-12(2)13(3)9-16/h5-10,19H,4,11H2,1-3H3. The molecule has 2 rings (SSSR count). The first-order chi connectivity index (χ1) is 9.60. The normalized spacial score (nSPS) is 10.4. The van der Waals surface area contributed by atoms with Crippen molar-refractivity contribution in [3.8, 4) is 5.75 Å². The van der Waals surface area contributed by atoms with Crippen LogP contribution in [0.3, 0.4) is 0 Å². The van der Waals surface area contributed by atoms with Crippen molar-refractivity contribution < 1.29 is 4.74 Å². The second kappa shape index (κ2) is 6.67. The van der Waals surface area contributed by atoms with Crippen LogP contribution in [0.15, 0.2) is 36.4 Å². The van der Waals surface area contributed by atoms with Gasteiger partial charge < -0.3 is 10.1 Å². The van der Waals surface area contributed by atoms with Gasteiger partial charge in [0.05, 0.1) is 6.61 Å². The fourth-order valence-corrected chi connectivity index (χ4v) is 2.23. The molecule has 106 valence electrons. The minimum atomic E-state index is 0.651. The molecule has 2 aromatic carbocycles. The highest BCUT2D eigenvalue weighted by Gasteiger charge is 2.05. The largest absolute Gasteiger partial charge is 0.494 e. The van der Waals surface area contributed by atoms with Gasteiger partial charge in [0.1, 0.15) is 5.75 Å². The summed E-state index contributed by atoms with van der Waals surface area (Å²) >= 11 is 6.06. The summed E-state index contributed by atoms with van der Waals surface area (Å²) in [4.78, 5) is 0. The fraction of sp³-hybridized carbons (Fsp3) is 0.294. The highest BCUT2D eigenvalue weighted by Crippen LogP contribution is 2.24. The third-order valence-corrected chi connectivity index (χ3v) is 3.55. The molecule has 1 N–H and O–H groups in total. The molecular weight excluding hydrogens is 270 g/mol. The Morgan fingerprint density at radius 3 is 2.55 bits per heavy atom. The zero-order chi connectivity index (χ0) is 14.5. The van der Waals surface area contributed by atoms with Crippen molar-refractivity contribution in [1.29, 1.82) is 0 Å². The van der Waals surface area contributed by atoms with Crippen molar-refractivity contribution in [2.75, 3.05) is 11.9 Å². The smallest absolute Gasteiger partial charge is 0.124 e. The van der Waals surface area contributed by atoms with Gasteiger partial charge >= 0.3 is 0 Å². The predicted molar refractivity (Wildman–Crippen MR) is 85.9 cm³/mol. The van der Waals surface area contributed by atoms with E-state index in [1.807, 2.05) is 25.1 Å². The van der Waals surface area contributed by atoms with E-state index in [1.165, 1.54) is 11.1 Å². The Morgan fingerprint density at radius 1 is 1.05 bits per heavy atom. The molecule has 20 heavy (non-hydrogen) atoms. The molecule has 0 heterocycles. The molecule has 0 aliphatic heterocycles. The van der Waals surface area contributed by atoms with E-state index in [0.29, 0.717) is 13.2 Å². The molecule has 0 unspecified atom stereocenters. The lowest BCUT2D eigenvalue weighted by atomic mass is 10.1. The average Bonchev–Trinajstić information content (AvgIpc) is 2.43. The minimum absolute atomic E-state index is 0.651. The summed E-state index contributed by atoms with van der Waals surface area (Å²) < 4.78 is 5.62. The van der Waals surface area contributed by atoms with Crippen LogP contribution in [0.25, 0.3) is 0 Å². The fourth-order valence-electron chi connectivity index (χ4n) is 2.03. The maximum Gasteiger partial charge on any atom is 0.124 e. The second-order valence-corrected chi connectivity index (χ2v) is 5.27. The highest BCUT2D eigenvalue weighted by molar-refractivity contribution is 6.30. The molecule has 3 heteroatoms. The number of halogens is 1. The summed E-state index contributed by atoms with van der Waals surface area (Å²) in [6, 6.07) is 12.1. The van der Waals surface area contributed by atoms with E-state index in [-0.39, 0.29) is 0 Å². The van der Waals surface area contributed by atoms with Crippen LogP contribution >= 0.6 is 11.6 Å². The van der Waals surface area contributed by atoms with Crippen LogP contribution in [0, 0.1) is 13.8 Å². The van der Waals surface area contributed by atoms with Gasteiger partial charge in [-0.25, -0.2) is 0 Å². The molecule has 0 bridgehead atoms. The van der Waals surface area contributed by atoms with Gasteiger partial charge in [-0.15, -0.1) is 0 Å². The summed E-state index contributed by atoms with van der Waals surface area (Å²) in [6.45, 7) is 7.56. The first-order valence-electron chi connectivity index (χ1n) is 6.82. The van der Waals surface area contributed by atoms with E-state index in [9.17, 15) is 0 Å². The van der Waals surface area contributed by atoms with Gasteiger partial charge in [0, 0.05) is 22.8 Å². The van der Waals surface area contributed by atoms with Crippen molar-refractivity contribution in [2.45, 2.75) is 27.3 Å². The first-order valence-corrected chi connectivity index (χ1v) is 7.20.